The van der Waals surface area contributed by atoms with Gasteiger partial charge in [-0.25, -0.2) is 0 Å². The monoisotopic (exact) mass is 173 g/mol. The smallest absolute Gasteiger partial charge is 0.0639 e. The van der Waals surface area contributed by atoms with Crippen molar-refractivity contribution < 1.29 is 9.84 Å². The average molecular weight is 173 g/mol. The van der Waals surface area contributed by atoms with E-state index in [1.807, 2.05) is 6.92 Å². The normalized spacial score (nSPS) is 24.2. The van der Waals surface area contributed by atoms with Crippen LogP contribution in [0.1, 0.15) is 19.8 Å². The lowest BCUT2D eigenvalue weighted by molar-refractivity contribution is 0.0272. The summed E-state index contributed by atoms with van der Waals surface area (Å²) in [6.07, 6.45) is 2.44. The molecule has 0 saturated carbocycles. The van der Waals surface area contributed by atoms with Gasteiger partial charge in [0.05, 0.1) is 12.2 Å². The van der Waals surface area contributed by atoms with Gasteiger partial charge in [-0.1, -0.05) is 0 Å². The summed E-state index contributed by atoms with van der Waals surface area (Å²) in [6, 6.07) is 0. The quantitative estimate of drug-likeness (QED) is 0.673. The van der Waals surface area contributed by atoms with Crippen LogP contribution in [-0.2, 0) is 4.74 Å². The molecule has 0 spiro atoms. The van der Waals surface area contributed by atoms with Crippen LogP contribution in [0, 0.1) is 0 Å². The topological polar surface area (TPSA) is 32.7 Å². The van der Waals surface area contributed by atoms with Crippen LogP contribution >= 0.6 is 0 Å². The fourth-order valence-corrected chi connectivity index (χ4v) is 1.70. The number of rotatable bonds is 3. The molecule has 3 heteroatoms. The molecule has 0 bridgehead atoms. The van der Waals surface area contributed by atoms with Gasteiger partial charge in [-0.2, -0.15) is 0 Å². The Kier molecular flexibility index (Phi) is 3.98. The number of likely N-dealkylation sites (tertiary alicyclic amines) is 1. The molecule has 0 aromatic rings. The number of hydrogen-bond donors (Lipinski definition) is 1. The fraction of sp³-hybridized carbons (Fsp3) is 1.00. The highest BCUT2D eigenvalue weighted by molar-refractivity contribution is 4.73. The number of β-amino-alcohol motifs (C(OH)–C–C–N with tert-alkyl or cyclic N) is 1. The van der Waals surface area contributed by atoms with Gasteiger partial charge < -0.3 is 14.7 Å². The van der Waals surface area contributed by atoms with Crippen LogP contribution < -0.4 is 0 Å². The molecular weight excluding hydrogens is 154 g/mol. The maximum Gasteiger partial charge on any atom is 0.0639 e. The lowest BCUT2D eigenvalue weighted by Gasteiger charge is -2.31. The minimum Gasteiger partial charge on any atom is -0.392 e. The molecule has 1 aliphatic rings. The van der Waals surface area contributed by atoms with Crippen molar-refractivity contribution >= 4 is 0 Å². The second-order valence-electron chi connectivity index (χ2n) is 3.58. The predicted octanol–water partition coefficient (Wildman–Crippen LogP) is 0.478. The molecule has 1 atom stereocenters. The zero-order valence-corrected chi connectivity index (χ0v) is 7.99. The van der Waals surface area contributed by atoms with Crippen molar-refractivity contribution in [3.05, 3.63) is 0 Å². The molecule has 1 saturated heterocycles. The van der Waals surface area contributed by atoms with Gasteiger partial charge in [-0.15, -0.1) is 0 Å². The van der Waals surface area contributed by atoms with E-state index in [1.165, 1.54) is 0 Å². The van der Waals surface area contributed by atoms with Gasteiger partial charge in [0.1, 0.15) is 0 Å². The van der Waals surface area contributed by atoms with Crippen molar-refractivity contribution in [2.45, 2.75) is 32.0 Å². The van der Waals surface area contributed by atoms with Crippen molar-refractivity contribution in [3.8, 4) is 0 Å². The highest BCUT2D eigenvalue weighted by atomic mass is 16.5. The highest BCUT2D eigenvalue weighted by Gasteiger charge is 2.18. The van der Waals surface area contributed by atoms with Gasteiger partial charge in [0, 0.05) is 26.7 Å². The SMILES string of the molecule is COC1CCN(C[C@@H](C)O)CC1. The predicted molar refractivity (Wildman–Crippen MR) is 48.2 cm³/mol. The first kappa shape index (κ1) is 9.96. The number of piperidine rings is 1. The Labute approximate surface area is 74.3 Å². The molecule has 0 amide bonds. The summed E-state index contributed by atoms with van der Waals surface area (Å²) in [5, 5.41) is 9.15. The van der Waals surface area contributed by atoms with Crippen LogP contribution in [0.15, 0.2) is 0 Å². The molecule has 3 nitrogen and oxygen atoms in total. The maximum absolute atomic E-state index is 9.15. The van der Waals surface area contributed by atoms with Crippen LogP contribution in [0.5, 0.6) is 0 Å². The zero-order valence-electron chi connectivity index (χ0n) is 7.99. The third kappa shape index (κ3) is 3.09. The Hall–Kier alpha value is -0.120. The van der Waals surface area contributed by atoms with Crippen LogP contribution in [0.4, 0.5) is 0 Å². The Bertz CT molecular complexity index is 120. The van der Waals surface area contributed by atoms with E-state index in [0.717, 1.165) is 32.5 Å². The van der Waals surface area contributed by atoms with Gasteiger partial charge in [0.15, 0.2) is 0 Å². The molecule has 0 aromatic heterocycles. The molecule has 0 radical (unpaired) electrons. The summed E-state index contributed by atoms with van der Waals surface area (Å²) >= 11 is 0. The van der Waals surface area contributed by atoms with Gasteiger partial charge in [0.2, 0.25) is 0 Å². The first-order valence-electron chi connectivity index (χ1n) is 4.65. The fourth-order valence-electron chi connectivity index (χ4n) is 1.70. The summed E-state index contributed by atoms with van der Waals surface area (Å²) in [5.41, 5.74) is 0. The van der Waals surface area contributed by atoms with E-state index in [9.17, 15) is 0 Å². The van der Waals surface area contributed by atoms with Crippen molar-refractivity contribution in [2.24, 2.45) is 0 Å². The van der Waals surface area contributed by atoms with Gasteiger partial charge in [-0.05, 0) is 19.8 Å². The zero-order chi connectivity index (χ0) is 8.97. The number of aliphatic hydroxyl groups is 1. The third-order valence-corrected chi connectivity index (χ3v) is 2.39. The number of hydrogen-bond acceptors (Lipinski definition) is 3. The lowest BCUT2D eigenvalue weighted by Crippen LogP contribution is -2.40. The second-order valence-corrected chi connectivity index (χ2v) is 3.58. The molecule has 1 N–H and O–H groups in total. The first-order valence-corrected chi connectivity index (χ1v) is 4.65. The highest BCUT2D eigenvalue weighted by Crippen LogP contribution is 2.12. The van der Waals surface area contributed by atoms with Crippen molar-refractivity contribution in [1.82, 2.24) is 4.90 Å². The van der Waals surface area contributed by atoms with E-state index in [0.29, 0.717) is 6.10 Å². The van der Waals surface area contributed by atoms with Crippen molar-refractivity contribution in [1.29, 1.82) is 0 Å². The van der Waals surface area contributed by atoms with Gasteiger partial charge in [0.25, 0.3) is 0 Å². The van der Waals surface area contributed by atoms with Crippen molar-refractivity contribution in [3.63, 3.8) is 0 Å². The molecule has 0 aliphatic carbocycles. The maximum atomic E-state index is 9.15. The number of methoxy groups -OCH3 is 1. The van der Waals surface area contributed by atoms with Gasteiger partial charge >= 0.3 is 0 Å². The van der Waals surface area contributed by atoms with E-state index in [-0.39, 0.29) is 6.10 Å². The lowest BCUT2D eigenvalue weighted by atomic mass is 10.1. The van der Waals surface area contributed by atoms with E-state index < -0.39 is 0 Å². The summed E-state index contributed by atoms with van der Waals surface area (Å²) in [6.45, 7) is 4.76. The minimum absolute atomic E-state index is 0.205. The van der Waals surface area contributed by atoms with E-state index in [1.54, 1.807) is 7.11 Å². The van der Waals surface area contributed by atoms with Gasteiger partial charge in [-0.3, -0.25) is 0 Å². The van der Waals surface area contributed by atoms with Crippen LogP contribution in [0.25, 0.3) is 0 Å². The van der Waals surface area contributed by atoms with Crippen LogP contribution in [-0.4, -0.2) is 49.0 Å². The first-order chi connectivity index (χ1) is 5.72. The Morgan fingerprint density at radius 2 is 2.08 bits per heavy atom. The minimum atomic E-state index is -0.205. The summed E-state index contributed by atoms with van der Waals surface area (Å²) in [5.74, 6) is 0. The third-order valence-electron chi connectivity index (χ3n) is 2.39. The Morgan fingerprint density at radius 3 is 2.50 bits per heavy atom. The Balaban J connectivity index is 2.17. The van der Waals surface area contributed by atoms with Crippen LogP contribution in [0.3, 0.4) is 0 Å². The molecule has 1 aliphatic heterocycles. The molecule has 0 aromatic carbocycles. The number of nitrogens with zero attached hydrogens (tertiary/aromatic N) is 1. The Morgan fingerprint density at radius 1 is 1.50 bits per heavy atom. The molecular formula is C9H19NO2. The molecule has 0 unspecified atom stereocenters. The number of ether oxygens (including phenoxy) is 1. The van der Waals surface area contributed by atoms with E-state index in [4.69, 9.17) is 9.84 Å². The summed E-state index contributed by atoms with van der Waals surface area (Å²) in [4.78, 5) is 2.29. The van der Waals surface area contributed by atoms with Crippen molar-refractivity contribution in [2.75, 3.05) is 26.7 Å². The van der Waals surface area contributed by atoms with E-state index in [2.05, 4.69) is 4.90 Å². The molecule has 1 fully saturated rings. The molecule has 1 heterocycles. The second kappa shape index (κ2) is 4.80. The van der Waals surface area contributed by atoms with Crippen LogP contribution in [0.2, 0.25) is 0 Å². The summed E-state index contributed by atoms with van der Waals surface area (Å²) in [7, 11) is 1.77. The average Bonchev–Trinajstić information content (AvgIpc) is 2.05. The molecule has 1 rings (SSSR count). The molecule has 72 valence electrons. The number of aliphatic hydroxyl groups excluding tert-OH is 1. The standard InChI is InChI=1S/C9H19NO2/c1-8(11)7-10-5-3-9(12-2)4-6-10/h8-9,11H,3-7H2,1-2H3/t8-/m1/s1. The van der Waals surface area contributed by atoms with E-state index >= 15 is 0 Å². The largest absolute Gasteiger partial charge is 0.392 e. The molecule has 12 heavy (non-hydrogen) atoms. The summed E-state index contributed by atoms with van der Waals surface area (Å²) < 4.78 is 5.26.